The molecule has 4 saturated carbocycles. The normalized spacial score (nSPS) is 52.5. The minimum atomic E-state index is -3.62. The van der Waals surface area contributed by atoms with Crippen molar-refractivity contribution in [3.05, 3.63) is 29.8 Å². The van der Waals surface area contributed by atoms with Crippen LogP contribution in [0.4, 0.5) is 0 Å². The molecular weight excluding hydrogens is 316 g/mol. The van der Waals surface area contributed by atoms with Crippen LogP contribution in [0.3, 0.4) is 0 Å². The van der Waals surface area contributed by atoms with E-state index in [-0.39, 0.29) is 6.10 Å². The van der Waals surface area contributed by atoms with Crippen molar-refractivity contribution in [2.24, 2.45) is 35.5 Å². The summed E-state index contributed by atoms with van der Waals surface area (Å²) in [6, 6.07) is 7.02. The summed E-state index contributed by atoms with van der Waals surface area (Å²) in [5.41, 5.74) is 1.07. The first kappa shape index (κ1) is 12.8. The van der Waals surface area contributed by atoms with Gasteiger partial charge in [0.15, 0.2) is 0 Å². The quantitative estimate of drug-likeness (QED) is 0.797. The van der Waals surface area contributed by atoms with E-state index in [1.165, 1.54) is 6.42 Å². The van der Waals surface area contributed by atoms with E-state index in [0.29, 0.717) is 27.2 Å². The molecule has 0 radical (unpaired) electrons. The summed E-state index contributed by atoms with van der Waals surface area (Å²) in [7, 11) is -3.62. The number of benzene rings is 1. The molecule has 0 spiro atoms. The molecule has 1 aliphatic heterocycles. The summed E-state index contributed by atoms with van der Waals surface area (Å²) >= 11 is 2.16. The fourth-order valence-corrected chi connectivity index (χ4v) is 10.1. The van der Waals surface area contributed by atoms with Gasteiger partial charge in [-0.15, -0.1) is 0 Å². The molecule has 2 bridgehead atoms. The molecule has 0 unspecified atom stereocenters. The van der Waals surface area contributed by atoms with Crippen molar-refractivity contribution >= 4 is 21.9 Å². The first-order chi connectivity index (χ1) is 10.6. The van der Waals surface area contributed by atoms with Gasteiger partial charge in [0.05, 0.1) is 11.0 Å². The molecule has 5 aliphatic rings. The van der Waals surface area contributed by atoms with Crippen molar-refractivity contribution in [2.45, 2.75) is 34.8 Å². The van der Waals surface area contributed by atoms with E-state index < -0.39 is 10.1 Å². The van der Waals surface area contributed by atoms with Gasteiger partial charge in [0.25, 0.3) is 10.1 Å². The molecule has 9 atom stereocenters. The lowest BCUT2D eigenvalue weighted by Gasteiger charge is -2.46. The van der Waals surface area contributed by atoms with Crippen LogP contribution in [0.2, 0.25) is 0 Å². The van der Waals surface area contributed by atoms with Gasteiger partial charge < -0.3 is 0 Å². The Kier molecular flexibility index (Phi) is 2.19. The van der Waals surface area contributed by atoms with Crippen LogP contribution in [-0.2, 0) is 14.3 Å². The molecule has 4 aliphatic carbocycles. The third-order valence-corrected chi connectivity index (χ3v) is 10.3. The van der Waals surface area contributed by atoms with Crippen LogP contribution in [-0.4, -0.2) is 25.0 Å². The topological polar surface area (TPSA) is 43.4 Å². The molecule has 1 aromatic carbocycles. The molecule has 0 N–H and O–H groups in total. The maximum atomic E-state index is 12.7. The van der Waals surface area contributed by atoms with Crippen LogP contribution >= 0.6 is 11.8 Å². The third kappa shape index (κ3) is 1.27. The molecule has 116 valence electrons. The predicted octanol–water partition coefficient (Wildman–Crippen LogP) is 2.69. The van der Waals surface area contributed by atoms with Gasteiger partial charge in [0.1, 0.15) is 0 Å². The van der Waals surface area contributed by atoms with Crippen LogP contribution in [0.5, 0.6) is 0 Å². The maximum absolute atomic E-state index is 12.7. The number of hydrogen-bond acceptors (Lipinski definition) is 4. The smallest absolute Gasteiger partial charge is 0.262 e. The van der Waals surface area contributed by atoms with Crippen molar-refractivity contribution in [2.75, 3.05) is 0 Å². The van der Waals surface area contributed by atoms with Gasteiger partial charge in [0, 0.05) is 22.3 Å². The molecule has 1 saturated heterocycles. The van der Waals surface area contributed by atoms with Gasteiger partial charge in [-0.2, -0.15) is 20.2 Å². The SMILES string of the molecule is Cc1ccc(S(=O)(=O)O[C@@H]2[C@@H]3[C@@H]4C[C@@H]5[C@@H]3S[C@@H]3[C@@H]5[C@@H]4[C@@H]23)cc1. The largest absolute Gasteiger partial charge is 0.297 e. The zero-order valence-electron chi connectivity index (χ0n) is 12.3. The molecular formula is C17H18O3S2. The summed E-state index contributed by atoms with van der Waals surface area (Å²) < 4.78 is 31.2. The fourth-order valence-electron chi connectivity index (χ4n) is 6.51. The maximum Gasteiger partial charge on any atom is 0.297 e. The lowest BCUT2D eigenvalue weighted by Crippen LogP contribution is -2.49. The number of fused-ring (bicyclic) bond motifs is 2. The molecule has 0 amide bonds. The average Bonchev–Trinajstić information content (AvgIpc) is 2.98. The molecule has 5 heteroatoms. The Morgan fingerprint density at radius 2 is 1.77 bits per heavy atom. The Balaban J connectivity index is 1.35. The second kappa shape index (κ2) is 3.76. The monoisotopic (exact) mass is 334 g/mol. The lowest BCUT2D eigenvalue weighted by molar-refractivity contribution is 0.0487. The Morgan fingerprint density at radius 1 is 1.00 bits per heavy atom. The highest BCUT2D eigenvalue weighted by atomic mass is 32.2. The van der Waals surface area contributed by atoms with E-state index in [9.17, 15) is 8.42 Å². The van der Waals surface area contributed by atoms with Crippen molar-refractivity contribution in [1.82, 2.24) is 0 Å². The van der Waals surface area contributed by atoms with Crippen molar-refractivity contribution in [3.63, 3.8) is 0 Å². The number of aryl methyl sites for hydroxylation is 1. The van der Waals surface area contributed by atoms with E-state index in [2.05, 4.69) is 11.8 Å². The van der Waals surface area contributed by atoms with Crippen molar-refractivity contribution in [3.8, 4) is 0 Å². The van der Waals surface area contributed by atoms with E-state index >= 15 is 0 Å². The fraction of sp³-hybridized carbons (Fsp3) is 0.647. The Bertz CT molecular complexity index is 766. The Hall–Kier alpha value is -0.520. The molecule has 0 aromatic heterocycles. The molecule has 22 heavy (non-hydrogen) atoms. The highest BCUT2D eigenvalue weighted by molar-refractivity contribution is 8.01. The number of rotatable bonds is 3. The van der Waals surface area contributed by atoms with E-state index in [1.807, 2.05) is 19.1 Å². The van der Waals surface area contributed by atoms with Crippen molar-refractivity contribution in [1.29, 1.82) is 0 Å². The van der Waals surface area contributed by atoms with Gasteiger partial charge in [-0.05, 0) is 49.1 Å². The zero-order valence-corrected chi connectivity index (χ0v) is 13.9. The Labute approximate surface area is 134 Å². The van der Waals surface area contributed by atoms with E-state index in [1.54, 1.807) is 12.1 Å². The van der Waals surface area contributed by atoms with Gasteiger partial charge in [-0.1, -0.05) is 17.7 Å². The number of hydrogen-bond donors (Lipinski definition) is 0. The van der Waals surface area contributed by atoms with Crippen molar-refractivity contribution < 1.29 is 12.6 Å². The highest BCUT2D eigenvalue weighted by Gasteiger charge is 2.82. The van der Waals surface area contributed by atoms with Crippen LogP contribution < -0.4 is 0 Å². The van der Waals surface area contributed by atoms with E-state index in [0.717, 1.165) is 29.2 Å². The van der Waals surface area contributed by atoms with Gasteiger partial charge in [-0.25, -0.2) is 0 Å². The lowest BCUT2D eigenvalue weighted by atomic mass is 9.64. The average molecular weight is 334 g/mol. The summed E-state index contributed by atoms with van der Waals surface area (Å²) in [6.07, 6.45) is 1.30. The van der Waals surface area contributed by atoms with Crippen LogP contribution in [0, 0.1) is 42.4 Å². The Morgan fingerprint density at radius 3 is 2.55 bits per heavy atom. The van der Waals surface area contributed by atoms with Gasteiger partial charge in [0.2, 0.25) is 0 Å². The molecule has 3 nitrogen and oxygen atoms in total. The van der Waals surface area contributed by atoms with Crippen LogP contribution in [0.25, 0.3) is 0 Å². The zero-order chi connectivity index (χ0) is 14.8. The van der Waals surface area contributed by atoms with Crippen LogP contribution in [0.1, 0.15) is 12.0 Å². The summed E-state index contributed by atoms with van der Waals surface area (Å²) in [4.78, 5) is 0.309. The minimum absolute atomic E-state index is 0.0405. The summed E-state index contributed by atoms with van der Waals surface area (Å²) in [5, 5.41) is 1.38. The summed E-state index contributed by atoms with van der Waals surface area (Å²) in [6.45, 7) is 1.96. The first-order valence-electron chi connectivity index (χ1n) is 8.22. The van der Waals surface area contributed by atoms with Gasteiger partial charge in [-0.3, -0.25) is 4.18 Å². The first-order valence-corrected chi connectivity index (χ1v) is 10.6. The van der Waals surface area contributed by atoms with Gasteiger partial charge >= 0.3 is 0 Å². The molecule has 1 heterocycles. The predicted molar refractivity (Wildman–Crippen MR) is 84.0 cm³/mol. The summed E-state index contributed by atoms with van der Waals surface area (Å²) in [5.74, 6) is 4.33. The minimum Gasteiger partial charge on any atom is -0.262 e. The van der Waals surface area contributed by atoms with E-state index in [4.69, 9.17) is 4.18 Å². The molecule has 1 aromatic rings. The second-order valence-electron chi connectivity index (χ2n) is 7.77. The third-order valence-electron chi connectivity index (χ3n) is 7.10. The number of thioether (sulfide) groups is 1. The molecule has 5 fully saturated rings. The standard InChI is InChI=1S/C17H18O3S2/c1-7-2-4-8(5-3-7)22(18,19)20-15-13-9-6-10-12-11(9)14(15)17(12)21-16(10)13/h2-5,9-17H,6H2,1H3/t9-,10+,11-,12+,13+,14+,15-,16+,17-/m1/s1. The molecule has 6 rings (SSSR count). The second-order valence-corrected chi connectivity index (χ2v) is 10.7. The highest BCUT2D eigenvalue weighted by Crippen LogP contribution is 2.82. The van der Waals surface area contributed by atoms with Crippen LogP contribution in [0.15, 0.2) is 29.2 Å².